The van der Waals surface area contributed by atoms with Crippen LogP contribution in [0.3, 0.4) is 0 Å². The molecule has 2 aromatic rings. The Balaban J connectivity index is 2.08. The van der Waals surface area contributed by atoms with Crippen LogP contribution in [0.15, 0.2) is 48.5 Å². The molecule has 10 heteroatoms. The number of amides is 1. The summed E-state index contributed by atoms with van der Waals surface area (Å²) in [6.45, 7) is -0.674. The lowest BCUT2D eigenvalue weighted by atomic mass is 10.1. The summed E-state index contributed by atoms with van der Waals surface area (Å²) in [5.41, 5.74) is -0.314. The highest BCUT2D eigenvalue weighted by Crippen LogP contribution is 2.29. The van der Waals surface area contributed by atoms with Crippen molar-refractivity contribution in [2.24, 2.45) is 0 Å². The largest absolute Gasteiger partial charge is 0.497 e. The molecule has 0 spiro atoms. The number of methoxy groups -OCH3 is 1. The number of nitrogens with zero attached hydrogens (tertiary/aromatic N) is 1. The lowest BCUT2D eigenvalue weighted by molar-refractivity contribution is -0.137. The minimum absolute atomic E-state index is 0.164. The number of rotatable bonds is 7. The zero-order valence-electron chi connectivity index (χ0n) is 15.2. The highest BCUT2D eigenvalue weighted by molar-refractivity contribution is 7.92. The van der Waals surface area contributed by atoms with Crippen LogP contribution in [0.4, 0.5) is 18.9 Å². The second kappa shape index (κ2) is 8.51. The van der Waals surface area contributed by atoms with E-state index < -0.39 is 34.2 Å². The first kappa shape index (κ1) is 21.5. The maximum atomic E-state index is 12.7. The molecule has 0 aliphatic carbocycles. The van der Waals surface area contributed by atoms with Crippen molar-refractivity contribution in [1.29, 1.82) is 0 Å². The van der Waals surface area contributed by atoms with Crippen LogP contribution in [-0.2, 0) is 27.5 Å². The zero-order chi connectivity index (χ0) is 20.9. The van der Waals surface area contributed by atoms with E-state index in [2.05, 4.69) is 5.32 Å². The molecular weight excluding hydrogens is 397 g/mol. The smallest absolute Gasteiger partial charge is 0.416 e. The van der Waals surface area contributed by atoms with Gasteiger partial charge in [-0.3, -0.25) is 9.10 Å². The second-order valence-electron chi connectivity index (χ2n) is 5.94. The van der Waals surface area contributed by atoms with Gasteiger partial charge in [-0.25, -0.2) is 8.42 Å². The van der Waals surface area contributed by atoms with E-state index in [1.54, 1.807) is 12.1 Å². The quantitative estimate of drug-likeness (QED) is 0.753. The number of carbonyl (C=O) groups excluding carboxylic acids is 1. The number of alkyl halides is 3. The Bertz CT molecular complexity index is 929. The number of benzene rings is 2. The average Bonchev–Trinajstić information content (AvgIpc) is 2.63. The van der Waals surface area contributed by atoms with E-state index >= 15 is 0 Å². The van der Waals surface area contributed by atoms with E-state index in [9.17, 15) is 26.4 Å². The van der Waals surface area contributed by atoms with Gasteiger partial charge >= 0.3 is 6.18 Å². The normalized spacial score (nSPS) is 11.8. The van der Waals surface area contributed by atoms with E-state index in [0.717, 1.165) is 22.7 Å². The zero-order valence-corrected chi connectivity index (χ0v) is 16.0. The third kappa shape index (κ3) is 5.88. The Hall–Kier alpha value is -2.75. The summed E-state index contributed by atoms with van der Waals surface area (Å²) >= 11 is 0. The predicted molar refractivity (Wildman–Crippen MR) is 98.5 cm³/mol. The second-order valence-corrected chi connectivity index (χ2v) is 7.85. The van der Waals surface area contributed by atoms with Crippen LogP contribution >= 0.6 is 0 Å². The van der Waals surface area contributed by atoms with E-state index in [0.29, 0.717) is 5.75 Å². The van der Waals surface area contributed by atoms with Crippen LogP contribution in [-0.4, -0.2) is 34.2 Å². The Morgan fingerprint density at radius 1 is 1.14 bits per heavy atom. The number of anilines is 1. The highest BCUT2D eigenvalue weighted by atomic mass is 32.2. The van der Waals surface area contributed by atoms with E-state index in [1.807, 2.05) is 0 Å². The summed E-state index contributed by atoms with van der Waals surface area (Å²) in [5.74, 6) is -0.134. The minimum Gasteiger partial charge on any atom is -0.497 e. The number of ether oxygens (including phenoxy) is 1. The SMILES string of the molecule is COc1ccc(N(CC(=O)NCc2cccc(C(F)(F)F)c2)S(C)(=O)=O)cc1. The van der Waals surface area contributed by atoms with Gasteiger partial charge in [-0.15, -0.1) is 0 Å². The van der Waals surface area contributed by atoms with Gasteiger partial charge in [0.25, 0.3) is 0 Å². The molecular formula is C18H19F3N2O4S. The van der Waals surface area contributed by atoms with Crippen molar-refractivity contribution in [1.82, 2.24) is 5.32 Å². The standard InChI is InChI=1S/C18H19F3N2O4S/c1-27-16-8-6-15(7-9-16)23(28(2,25)26)12-17(24)22-11-13-4-3-5-14(10-13)18(19,20)21/h3-10H,11-12H2,1-2H3,(H,22,24). The van der Waals surface area contributed by atoms with Crippen LogP contribution in [0.5, 0.6) is 5.75 Å². The molecule has 0 fully saturated rings. The number of nitrogens with one attached hydrogen (secondary N) is 1. The number of carbonyl (C=O) groups is 1. The van der Waals surface area contributed by atoms with Crippen molar-refractivity contribution in [3.63, 3.8) is 0 Å². The lowest BCUT2D eigenvalue weighted by Gasteiger charge is -2.22. The van der Waals surface area contributed by atoms with Crippen molar-refractivity contribution in [2.75, 3.05) is 24.2 Å². The van der Waals surface area contributed by atoms with Crippen LogP contribution < -0.4 is 14.4 Å². The molecule has 0 radical (unpaired) electrons. The van der Waals surface area contributed by atoms with E-state index in [4.69, 9.17) is 4.74 Å². The number of halogens is 3. The molecule has 0 saturated heterocycles. The molecule has 0 saturated carbocycles. The molecule has 6 nitrogen and oxygen atoms in total. The molecule has 0 aliphatic heterocycles. The van der Waals surface area contributed by atoms with Gasteiger partial charge in [0.15, 0.2) is 0 Å². The average molecular weight is 416 g/mol. The molecule has 0 bridgehead atoms. The van der Waals surface area contributed by atoms with Crippen LogP contribution in [0.1, 0.15) is 11.1 Å². The maximum Gasteiger partial charge on any atom is 0.416 e. The van der Waals surface area contributed by atoms with Crippen molar-refractivity contribution in [3.05, 3.63) is 59.7 Å². The van der Waals surface area contributed by atoms with Gasteiger partial charge in [0.2, 0.25) is 15.9 Å². The molecule has 0 aromatic heterocycles. The third-order valence-corrected chi connectivity index (χ3v) is 4.93. The molecule has 2 rings (SSSR count). The Labute approximate surface area is 161 Å². The molecule has 1 N–H and O–H groups in total. The van der Waals surface area contributed by atoms with Crippen molar-refractivity contribution < 1.29 is 31.1 Å². The Kier molecular flexibility index (Phi) is 6.55. The molecule has 0 heterocycles. The molecule has 0 atom stereocenters. The summed E-state index contributed by atoms with van der Waals surface area (Å²) in [6.07, 6.45) is -3.53. The van der Waals surface area contributed by atoms with E-state index in [1.165, 1.54) is 31.4 Å². The third-order valence-electron chi connectivity index (χ3n) is 3.79. The summed E-state index contributed by atoms with van der Waals surface area (Å²) in [4.78, 5) is 12.2. The summed E-state index contributed by atoms with van der Waals surface area (Å²) in [5, 5.41) is 2.44. The summed E-state index contributed by atoms with van der Waals surface area (Å²) in [6, 6.07) is 10.6. The molecule has 0 unspecified atom stereocenters. The number of hydrogen-bond acceptors (Lipinski definition) is 4. The van der Waals surface area contributed by atoms with Crippen molar-refractivity contribution in [2.45, 2.75) is 12.7 Å². The van der Waals surface area contributed by atoms with Gasteiger partial charge in [0.05, 0.1) is 24.6 Å². The van der Waals surface area contributed by atoms with Crippen LogP contribution in [0, 0.1) is 0 Å². The van der Waals surface area contributed by atoms with Crippen LogP contribution in [0.25, 0.3) is 0 Å². The van der Waals surface area contributed by atoms with Crippen molar-refractivity contribution >= 4 is 21.6 Å². The lowest BCUT2D eigenvalue weighted by Crippen LogP contribution is -2.40. The number of hydrogen-bond donors (Lipinski definition) is 1. The van der Waals surface area contributed by atoms with Gasteiger partial charge in [-0.1, -0.05) is 12.1 Å². The van der Waals surface area contributed by atoms with Gasteiger partial charge < -0.3 is 10.1 Å². The molecule has 0 aliphatic rings. The topological polar surface area (TPSA) is 75.7 Å². The molecule has 152 valence electrons. The first-order valence-corrected chi connectivity index (χ1v) is 9.90. The Morgan fingerprint density at radius 3 is 2.32 bits per heavy atom. The van der Waals surface area contributed by atoms with Crippen molar-refractivity contribution in [3.8, 4) is 5.75 Å². The molecule has 28 heavy (non-hydrogen) atoms. The summed E-state index contributed by atoms with van der Waals surface area (Å²) in [7, 11) is -2.30. The Morgan fingerprint density at radius 2 is 1.79 bits per heavy atom. The molecule has 2 aromatic carbocycles. The monoisotopic (exact) mass is 416 g/mol. The van der Waals surface area contributed by atoms with Crippen LogP contribution in [0.2, 0.25) is 0 Å². The van der Waals surface area contributed by atoms with Gasteiger partial charge in [0, 0.05) is 6.54 Å². The van der Waals surface area contributed by atoms with Gasteiger partial charge in [0.1, 0.15) is 12.3 Å². The fraction of sp³-hybridized carbons (Fsp3) is 0.278. The maximum absolute atomic E-state index is 12.7. The van der Waals surface area contributed by atoms with E-state index in [-0.39, 0.29) is 17.8 Å². The van der Waals surface area contributed by atoms with Gasteiger partial charge in [-0.2, -0.15) is 13.2 Å². The predicted octanol–water partition coefficient (Wildman–Crippen LogP) is 2.80. The molecule has 1 amide bonds. The summed E-state index contributed by atoms with van der Waals surface area (Å²) < 4.78 is 68.2. The fourth-order valence-electron chi connectivity index (χ4n) is 2.39. The minimum atomic E-state index is -4.48. The number of sulfonamides is 1. The first-order chi connectivity index (χ1) is 13.0. The fourth-order valence-corrected chi connectivity index (χ4v) is 3.25. The van der Waals surface area contributed by atoms with Gasteiger partial charge in [-0.05, 0) is 42.0 Å². The first-order valence-electron chi connectivity index (χ1n) is 8.05. The highest BCUT2D eigenvalue weighted by Gasteiger charge is 2.30.